The molecule has 68 valence electrons. The van der Waals surface area contributed by atoms with Crippen molar-refractivity contribution in [2.75, 3.05) is 0 Å². The SMILES string of the molecule is CCC(C(=O)F)S(=O)(=O)F.F. The number of hydrogen-bond donors (Lipinski definition) is 0. The quantitative estimate of drug-likeness (QED) is 0.619. The molecule has 0 saturated heterocycles. The summed E-state index contributed by atoms with van der Waals surface area (Å²) in [6.45, 7) is 1.21. The molecule has 0 heterocycles. The van der Waals surface area contributed by atoms with Gasteiger partial charge >= 0.3 is 16.3 Å². The van der Waals surface area contributed by atoms with Gasteiger partial charge in [0.15, 0.2) is 5.25 Å². The lowest BCUT2D eigenvalue weighted by Crippen LogP contribution is -2.23. The Hall–Kier alpha value is -0.590. The molecule has 7 heteroatoms. The Kier molecular flexibility index (Phi) is 5.12. The van der Waals surface area contributed by atoms with Gasteiger partial charge in [0.2, 0.25) is 0 Å². The second kappa shape index (κ2) is 4.32. The number of rotatable bonds is 3. The van der Waals surface area contributed by atoms with Crippen LogP contribution in [0.15, 0.2) is 0 Å². The number of halogens is 3. The van der Waals surface area contributed by atoms with Crippen molar-refractivity contribution in [3.63, 3.8) is 0 Å². The van der Waals surface area contributed by atoms with Gasteiger partial charge in [-0.1, -0.05) is 6.92 Å². The zero-order valence-electron chi connectivity index (χ0n) is 5.58. The van der Waals surface area contributed by atoms with Crippen molar-refractivity contribution >= 4 is 16.3 Å². The fourth-order valence-corrected chi connectivity index (χ4v) is 1.09. The molecule has 0 amide bonds. The molecule has 0 aliphatic heterocycles. The summed E-state index contributed by atoms with van der Waals surface area (Å²) in [5.41, 5.74) is 0. The molecule has 0 fully saturated rings. The molecule has 0 saturated carbocycles. The van der Waals surface area contributed by atoms with Gasteiger partial charge in [0.05, 0.1) is 0 Å². The summed E-state index contributed by atoms with van der Waals surface area (Å²) in [6.07, 6.45) is -0.381. The van der Waals surface area contributed by atoms with Crippen LogP contribution in [0.2, 0.25) is 0 Å². The van der Waals surface area contributed by atoms with Crippen LogP contribution >= 0.6 is 0 Å². The minimum atomic E-state index is -5.04. The number of carbonyl (C=O) groups excluding carboxylic acids is 1. The van der Waals surface area contributed by atoms with Gasteiger partial charge < -0.3 is 0 Å². The number of hydrogen-bond acceptors (Lipinski definition) is 3. The normalized spacial score (nSPS) is 13.4. The van der Waals surface area contributed by atoms with Crippen LogP contribution in [0.1, 0.15) is 13.3 Å². The van der Waals surface area contributed by atoms with E-state index in [1.54, 1.807) is 0 Å². The Balaban J connectivity index is 0. The topological polar surface area (TPSA) is 51.2 Å². The van der Waals surface area contributed by atoms with E-state index in [1.807, 2.05) is 0 Å². The zero-order valence-corrected chi connectivity index (χ0v) is 6.40. The van der Waals surface area contributed by atoms with E-state index >= 15 is 0 Å². The predicted molar refractivity (Wildman–Crippen MR) is 32.7 cm³/mol. The van der Waals surface area contributed by atoms with Gasteiger partial charge in [-0.2, -0.15) is 12.8 Å². The van der Waals surface area contributed by atoms with E-state index in [0.717, 1.165) is 0 Å². The van der Waals surface area contributed by atoms with Crippen molar-refractivity contribution in [3.8, 4) is 0 Å². The smallest absolute Gasteiger partial charge is 0.269 e. The fraction of sp³-hybridized carbons (Fsp3) is 0.750. The third kappa shape index (κ3) is 3.97. The van der Waals surface area contributed by atoms with E-state index < -0.39 is 21.5 Å². The van der Waals surface area contributed by atoms with Gasteiger partial charge in [-0.05, 0) is 6.42 Å². The largest absolute Gasteiger partial charge is 0.322 e. The Morgan fingerprint density at radius 1 is 1.55 bits per heavy atom. The van der Waals surface area contributed by atoms with E-state index in [2.05, 4.69) is 0 Å². The van der Waals surface area contributed by atoms with Crippen molar-refractivity contribution in [2.24, 2.45) is 0 Å². The molecule has 0 aromatic heterocycles. The maximum atomic E-state index is 11.8. The Labute approximate surface area is 62.0 Å². The third-order valence-electron chi connectivity index (χ3n) is 0.964. The molecule has 0 aromatic rings. The summed E-state index contributed by atoms with van der Waals surface area (Å²) in [7, 11) is -5.04. The molecule has 0 spiro atoms. The van der Waals surface area contributed by atoms with Crippen LogP contribution in [0.4, 0.5) is 13.0 Å². The highest BCUT2D eigenvalue weighted by Crippen LogP contribution is 2.09. The van der Waals surface area contributed by atoms with Crippen molar-refractivity contribution in [1.29, 1.82) is 0 Å². The van der Waals surface area contributed by atoms with Crippen molar-refractivity contribution in [3.05, 3.63) is 0 Å². The average Bonchev–Trinajstić information content (AvgIpc) is 1.60. The maximum Gasteiger partial charge on any atom is 0.322 e. The Morgan fingerprint density at radius 3 is 1.91 bits per heavy atom. The summed E-state index contributed by atoms with van der Waals surface area (Å²) < 4.78 is 43.2. The molecule has 0 bridgehead atoms. The molecule has 0 rings (SSSR count). The summed E-state index contributed by atoms with van der Waals surface area (Å²) in [5, 5.41) is -2.13. The standard InChI is InChI=1S/C4H6F2O3S.FH/c1-2-3(4(5)7)10(6,8)9;/h3H,2H2,1H3;1H. The highest BCUT2D eigenvalue weighted by atomic mass is 32.3. The first-order valence-corrected chi connectivity index (χ1v) is 3.97. The van der Waals surface area contributed by atoms with Crippen LogP contribution in [0, 0.1) is 0 Å². The lowest BCUT2D eigenvalue weighted by Gasteiger charge is -1.99. The molecule has 0 radical (unpaired) electrons. The van der Waals surface area contributed by atoms with Crippen LogP contribution in [0.3, 0.4) is 0 Å². The monoisotopic (exact) mass is 192 g/mol. The van der Waals surface area contributed by atoms with E-state index in [4.69, 9.17) is 0 Å². The fourth-order valence-electron chi connectivity index (χ4n) is 0.470. The Bertz CT molecular complexity index is 223. The first-order valence-electron chi connectivity index (χ1n) is 2.52. The maximum absolute atomic E-state index is 11.8. The van der Waals surface area contributed by atoms with E-state index in [0.29, 0.717) is 0 Å². The minimum Gasteiger partial charge on any atom is -0.269 e. The van der Waals surface area contributed by atoms with Crippen molar-refractivity contribution in [2.45, 2.75) is 18.6 Å². The molecular weight excluding hydrogens is 185 g/mol. The van der Waals surface area contributed by atoms with Crippen LogP contribution in [0.25, 0.3) is 0 Å². The van der Waals surface area contributed by atoms with E-state index in [-0.39, 0.29) is 11.1 Å². The molecule has 0 aliphatic carbocycles. The van der Waals surface area contributed by atoms with Gasteiger partial charge in [-0.25, -0.2) is 0 Å². The molecule has 3 nitrogen and oxygen atoms in total. The second-order valence-corrected chi connectivity index (χ2v) is 3.20. The van der Waals surface area contributed by atoms with Gasteiger partial charge in [0.1, 0.15) is 0 Å². The summed E-state index contributed by atoms with van der Waals surface area (Å²) in [5.74, 6) is 0. The second-order valence-electron chi connectivity index (χ2n) is 1.68. The van der Waals surface area contributed by atoms with Gasteiger partial charge in [-0.15, -0.1) is 3.89 Å². The van der Waals surface area contributed by atoms with Crippen molar-refractivity contribution < 1.29 is 26.2 Å². The molecule has 0 aliphatic rings. The summed E-state index contributed by atoms with van der Waals surface area (Å²) in [4.78, 5) is 9.74. The lowest BCUT2D eigenvalue weighted by molar-refractivity contribution is -0.128. The molecule has 0 N–H and O–H groups in total. The average molecular weight is 192 g/mol. The molecule has 1 atom stereocenters. The number of carbonyl (C=O) groups is 1. The highest BCUT2D eigenvalue weighted by Gasteiger charge is 2.30. The van der Waals surface area contributed by atoms with Crippen LogP contribution in [-0.4, -0.2) is 19.7 Å². The highest BCUT2D eigenvalue weighted by molar-refractivity contribution is 7.87. The molecule has 11 heavy (non-hydrogen) atoms. The van der Waals surface area contributed by atoms with Gasteiger partial charge in [0, 0.05) is 0 Å². The first-order chi connectivity index (χ1) is 4.39. The lowest BCUT2D eigenvalue weighted by atomic mass is 10.3. The third-order valence-corrected chi connectivity index (χ3v) is 2.16. The summed E-state index contributed by atoms with van der Waals surface area (Å²) >= 11 is 0. The zero-order chi connectivity index (χ0) is 8.36. The summed E-state index contributed by atoms with van der Waals surface area (Å²) in [6, 6.07) is -2.15. The van der Waals surface area contributed by atoms with Gasteiger partial charge in [0.25, 0.3) is 0 Å². The molecule has 1 unspecified atom stereocenters. The molecular formula is C4H7F3O3S. The van der Waals surface area contributed by atoms with E-state index in [1.165, 1.54) is 6.92 Å². The predicted octanol–water partition coefficient (Wildman–Crippen LogP) is 0.713. The van der Waals surface area contributed by atoms with Crippen LogP contribution in [-0.2, 0) is 15.0 Å². The van der Waals surface area contributed by atoms with Gasteiger partial charge in [-0.3, -0.25) is 9.50 Å². The molecule has 0 aromatic carbocycles. The van der Waals surface area contributed by atoms with Crippen LogP contribution < -0.4 is 0 Å². The first kappa shape index (κ1) is 13.0. The minimum absolute atomic E-state index is 0. The van der Waals surface area contributed by atoms with E-state index in [9.17, 15) is 21.5 Å². The van der Waals surface area contributed by atoms with Crippen LogP contribution in [0.5, 0.6) is 0 Å². The van der Waals surface area contributed by atoms with Crippen molar-refractivity contribution in [1.82, 2.24) is 0 Å². The Morgan fingerprint density at radius 2 is 1.91 bits per heavy atom.